The molecule has 3 rings (SSSR count). The number of halogens is 3. The van der Waals surface area contributed by atoms with Gasteiger partial charge in [-0.05, 0) is 61.9 Å². The van der Waals surface area contributed by atoms with Crippen LogP contribution in [0.3, 0.4) is 0 Å². The van der Waals surface area contributed by atoms with Gasteiger partial charge >= 0.3 is 12.4 Å². The van der Waals surface area contributed by atoms with Crippen LogP contribution in [0.2, 0.25) is 0 Å². The zero-order chi connectivity index (χ0) is 23.2. The first-order valence-electron chi connectivity index (χ1n) is 9.72. The smallest absolute Gasteiger partial charge is 0.406 e. The molecule has 1 heterocycles. The molecule has 0 aromatic heterocycles. The zero-order valence-electron chi connectivity index (χ0n) is 18.0. The van der Waals surface area contributed by atoms with Crippen LogP contribution in [0.4, 0.5) is 35.0 Å². The molecule has 168 valence electrons. The van der Waals surface area contributed by atoms with E-state index in [0.29, 0.717) is 11.4 Å². The van der Waals surface area contributed by atoms with Gasteiger partial charge in [-0.25, -0.2) is 4.79 Å². The summed E-state index contributed by atoms with van der Waals surface area (Å²) in [5.74, 6) is -0.374. The number of amides is 2. The minimum absolute atomic E-state index is 0.308. The lowest BCUT2D eigenvalue weighted by atomic mass is 9.67. The van der Waals surface area contributed by atoms with Crippen molar-refractivity contribution in [3.63, 3.8) is 0 Å². The lowest BCUT2D eigenvalue weighted by Gasteiger charge is -2.53. The van der Waals surface area contributed by atoms with E-state index in [1.54, 1.807) is 6.07 Å². The molecule has 31 heavy (non-hydrogen) atoms. The molecule has 0 aliphatic carbocycles. The van der Waals surface area contributed by atoms with Crippen molar-refractivity contribution in [1.29, 1.82) is 0 Å². The first-order valence-corrected chi connectivity index (χ1v) is 9.72. The van der Waals surface area contributed by atoms with Crippen LogP contribution in [0.15, 0.2) is 42.5 Å². The summed E-state index contributed by atoms with van der Waals surface area (Å²) in [4.78, 5) is 14.4. The quantitative estimate of drug-likeness (QED) is 0.625. The molecule has 2 amide bonds. The highest BCUT2D eigenvalue weighted by molar-refractivity contribution is 6.00. The molecule has 0 fully saturated rings. The Morgan fingerprint density at radius 1 is 1.03 bits per heavy atom. The van der Waals surface area contributed by atoms with Gasteiger partial charge in [0, 0.05) is 29.5 Å². The second-order valence-corrected chi connectivity index (χ2v) is 8.72. The number of carbonyl (C=O) groups is 1. The van der Waals surface area contributed by atoms with Gasteiger partial charge in [0.15, 0.2) is 0 Å². The predicted octanol–water partition coefficient (Wildman–Crippen LogP) is 5.10. The maximum Gasteiger partial charge on any atom is 0.573 e. The topological polar surface area (TPSA) is 73.8 Å². The molecule has 1 aliphatic heterocycles. The number of aliphatic hydroxyl groups excluding tert-OH is 1. The third-order valence-corrected chi connectivity index (χ3v) is 5.87. The average Bonchev–Trinajstić information content (AvgIpc) is 2.66. The van der Waals surface area contributed by atoms with E-state index in [1.165, 1.54) is 12.1 Å². The Kier molecular flexibility index (Phi) is 5.60. The number of carbonyl (C=O) groups excluding carboxylic acids is 1. The first kappa shape index (κ1) is 22.7. The summed E-state index contributed by atoms with van der Waals surface area (Å²) in [5.41, 5.74) is 1.68. The number of likely N-dealkylation sites (N-methyl/N-ethyl adjacent to an activating group) is 1. The maximum atomic E-state index is 12.4. The Morgan fingerprint density at radius 3 is 2.16 bits per heavy atom. The highest BCUT2D eigenvalue weighted by Crippen LogP contribution is 2.47. The number of alkyl halides is 3. The van der Waals surface area contributed by atoms with Crippen LogP contribution >= 0.6 is 0 Å². The molecule has 1 atom stereocenters. The highest BCUT2D eigenvalue weighted by Gasteiger charge is 2.48. The minimum atomic E-state index is -4.77. The molecule has 2 aromatic rings. The van der Waals surface area contributed by atoms with Gasteiger partial charge in [0.1, 0.15) is 5.75 Å². The number of fused-ring (bicyclic) bond motifs is 1. The first-order chi connectivity index (χ1) is 14.2. The van der Waals surface area contributed by atoms with Crippen molar-refractivity contribution in [2.24, 2.45) is 0 Å². The molecule has 0 saturated heterocycles. The van der Waals surface area contributed by atoms with E-state index in [4.69, 9.17) is 0 Å². The van der Waals surface area contributed by atoms with Crippen LogP contribution in [-0.2, 0) is 5.41 Å². The number of hydrogen-bond donors (Lipinski definition) is 3. The molecule has 9 heteroatoms. The van der Waals surface area contributed by atoms with Crippen molar-refractivity contribution in [3.8, 4) is 5.75 Å². The van der Waals surface area contributed by atoms with Gasteiger partial charge in [0.05, 0.1) is 11.6 Å². The number of rotatable bonds is 3. The normalized spacial score (nSPS) is 19.4. The van der Waals surface area contributed by atoms with Gasteiger partial charge in [0.2, 0.25) is 0 Å². The molecule has 0 radical (unpaired) electrons. The SMILES string of the molecule is CN1c2ccc(NC(=O)Nc3ccc(OC(F)(F)F)cc3)cc2C(C)(C)C(O)C1(C)C. The van der Waals surface area contributed by atoms with Gasteiger partial charge in [-0.3, -0.25) is 0 Å². The number of urea groups is 1. The van der Waals surface area contributed by atoms with Gasteiger partial charge < -0.3 is 25.4 Å². The van der Waals surface area contributed by atoms with Crippen molar-refractivity contribution < 1.29 is 27.8 Å². The third kappa shape index (κ3) is 4.56. The number of nitrogens with one attached hydrogen (secondary N) is 2. The monoisotopic (exact) mass is 437 g/mol. The lowest BCUT2D eigenvalue weighted by Crippen LogP contribution is -2.61. The molecule has 1 aliphatic rings. The lowest BCUT2D eigenvalue weighted by molar-refractivity contribution is -0.274. The van der Waals surface area contributed by atoms with Crippen LogP contribution in [0.25, 0.3) is 0 Å². The molecule has 1 unspecified atom stereocenters. The Hall–Kier alpha value is -2.94. The summed E-state index contributed by atoms with van der Waals surface area (Å²) in [6.45, 7) is 7.87. The maximum absolute atomic E-state index is 12.4. The van der Waals surface area contributed by atoms with Crippen LogP contribution in [0.5, 0.6) is 5.75 Å². The molecular weight excluding hydrogens is 411 g/mol. The van der Waals surface area contributed by atoms with Gasteiger partial charge in [0.25, 0.3) is 0 Å². The Morgan fingerprint density at radius 2 is 1.58 bits per heavy atom. The number of benzene rings is 2. The Labute approximate surface area is 179 Å². The molecule has 3 N–H and O–H groups in total. The number of ether oxygens (including phenoxy) is 1. The fourth-order valence-corrected chi connectivity index (χ4v) is 3.98. The third-order valence-electron chi connectivity index (χ3n) is 5.87. The summed E-state index contributed by atoms with van der Waals surface area (Å²) in [5, 5.41) is 16.2. The standard InChI is InChI=1S/C22H26F3N3O3/c1-20(2)16-12-14(8-11-17(16)28(5)21(3,4)18(20)29)27-19(30)26-13-6-9-15(10-7-13)31-22(23,24)25/h6-12,18,29H,1-5H3,(H2,26,27,30). The van der Waals surface area contributed by atoms with Crippen LogP contribution in [-0.4, -0.2) is 36.2 Å². The van der Waals surface area contributed by atoms with Crippen molar-refractivity contribution in [2.45, 2.75) is 51.1 Å². The fourth-order valence-electron chi connectivity index (χ4n) is 3.98. The van der Waals surface area contributed by atoms with E-state index >= 15 is 0 Å². The Balaban J connectivity index is 1.74. The van der Waals surface area contributed by atoms with Crippen molar-refractivity contribution >= 4 is 23.1 Å². The van der Waals surface area contributed by atoms with Crippen LogP contribution in [0, 0.1) is 0 Å². The zero-order valence-corrected chi connectivity index (χ0v) is 18.0. The van der Waals surface area contributed by atoms with Crippen molar-refractivity contribution in [3.05, 3.63) is 48.0 Å². The second-order valence-electron chi connectivity index (χ2n) is 8.72. The molecule has 6 nitrogen and oxygen atoms in total. The molecule has 0 saturated carbocycles. The van der Waals surface area contributed by atoms with E-state index in [1.807, 2.05) is 51.8 Å². The fraction of sp³-hybridized carbons (Fsp3) is 0.409. The summed E-state index contributed by atoms with van der Waals surface area (Å²) < 4.78 is 40.5. The summed E-state index contributed by atoms with van der Waals surface area (Å²) >= 11 is 0. The number of aliphatic hydroxyl groups is 1. The number of nitrogens with zero attached hydrogens (tertiary/aromatic N) is 1. The van der Waals surface area contributed by atoms with Crippen molar-refractivity contribution in [2.75, 3.05) is 22.6 Å². The van der Waals surface area contributed by atoms with E-state index in [0.717, 1.165) is 23.4 Å². The average molecular weight is 437 g/mol. The Bertz CT molecular complexity index is 972. The molecular formula is C22H26F3N3O3. The summed E-state index contributed by atoms with van der Waals surface area (Å²) in [6, 6.07) is 9.78. The predicted molar refractivity (Wildman–Crippen MR) is 114 cm³/mol. The molecule has 2 aromatic carbocycles. The van der Waals surface area contributed by atoms with Gasteiger partial charge in [-0.1, -0.05) is 13.8 Å². The van der Waals surface area contributed by atoms with Gasteiger partial charge in [-0.15, -0.1) is 13.2 Å². The van der Waals surface area contributed by atoms with Crippen LogP contribution < -0.4 is 20.3 Å². The summed E-state index contributed by atoms with van der Waals surface area (Å²) in [6.07, 6.45) is -5.41. The summed E-state index contributed by atoms with van der Waals surface area (Å²) in [7, 11) is 1.92. The van der Waals surface area contributed by atoms with E-state index in [9.17, 15) is 23.1 Å². The van der Waals surface area contributed by atoms with Crippen LogP contribution in [0.1, 0.15) is 33.3 Å². The molecule has 0 bridgehead atoms. The van der Waals surface area contributed by atoms with E-state index < -0.39 is 29.5 Å². The minimum Gasteiger partial charge on any atom is -0.406 e. The van der Waals surface area contributed by atoms with E-state index in [2.05, 4.69) is 15.4 Å². The largest absolute Gasteiger partial charge is 0.573 e. The number of hydrogen-bond acceptors (Lipinski definition) is 4. The second kappa shape index (κ2) is 7.64. The highest BCUT2D eigenvalue weighted by atomic mass is 19.4. The van der Waals surface area contributed by atoms with E-state index in [-0.39, 0.29) is 5.75 Å². The van der Waals surface area contributed by atoms with Gasteiger partial charge in [-0.2, -0.15) is 0 Å². The van der Waals surface area contributed by atoms with Crippen molar-refractivity contribution in [1.82, 2.24) is 0 Å². The number of anilines is 3. The molecule has 0 spiro atoms.